The highest BCUT2D eigenvalue weighted by Crippen LogP contribution is 2.13. The molecule has 1 aromatic carbocycles. The van der Waals surface area contributed by atoms with Crippen LogP contribution in [-0.4, -0.2) is 15.3 Å². The molecule has 0 aromatic heterocycles. The maximum atomic E-state index is 10.9. The van der Waals surface area contributed by atoms with Gasteiger partial charge in [-0.2, -0.15) is 0 Å². The van der Waals surface area contributed by atoms with Gasteiger partial charge in [-0.1, -0.05) is 24.3 Å². The van der Waals surface area contributed by atoms with Crippen LogP contribution in [-0.2, 0) is 11.3 Å². The third-order valence-corrected chi connectivity index (χ3v) is 2.26. The van der Waals surface area contributed by atoms with Crippen LogP contribution in [0.3, 0.4) is 0 Å². The van der Waals surface area contributed by atoms with Crippen molar-refractivity contribution in [2.75, 3.05) is 10.8 Å². The average Bonchev–Trinajstić information content (AvgIpc) is 2.15. The topological polar surface area (TPSA) is 40.5 Å². The maximum Gasteiger partial charge on any atom is 0.262 e. The smallest absolute Gasteiger partial charge is 0.262 e. The molecule has 0 radical (unpaired) electrons. The summed E-state index contributed by atoms with van der Waals surface area (Å²) >= 11 is -1.99. The Balaban J connectivity index is 2.88. The van der Waals surface area contributed by atoms with E-state index < -0.39 is 11.3 Å². The molecule has 13 heavy (non-hydrogen) atoms. The minimum Gasteiger partial charge on any atom is -0.289 e. The Labute approximate surface area is 80.1 Å². The van der Waals surface area contributed by atoms with Crippen LogP contribution in [0, 0.1) is 0 Å². The van der Waals surface area contributed by atoms with Crippen LogP contribution < -0.4 is 4.31 Å². The summed E-state index contributed by atoms with van der Waals surface area (Å²) in [5.41, 5.74) is 0.711. The molecule has 0 spiro atoms. The van der Waals surface area contributed by atoms with Gasteiger partial charge in [0.15, 0.2) is 0 Å². The summed E-state index contributed by atoms with van der Waals surface area (Å²) in [4.78, 5) is 0. The van der Waals surface area contributed by atoms with E-state index in [0.717, 1.165) is 0 Å². The van der Waals surface area contributed by atoms with E-state index in [1.165, 1.54) is 4.31 Å². The van der Waals surface area contributed by atoms with Crippen LogP contribution >= 0.6 is 0 Å². The fraction of sp³-hybridized carbons (Fsp3) is 0.111. The predicted molar refractivity (Wildman–Crippen MR) is 54.8 cm³/mol. The van der Waals surface area contributed by atoms with Gasteiger partial charge in [0.25, 0.3) is 11.3 Å². The first-order chi connectivity index (χ1) is 6.25. The second-order valence-corrected chi connectivity index (χ2v) is 3.32. The minimum atomic E-state index is -1.99. The zero-order valence-electron chi connectivity index (χ0n) is 7.09. The highest BCUT2D eigenvalue weighted by molar-refractivity contribution is 7.80. The molecule has 0 amide bonds. The molecule has 1 atom stereocenters. The zero-order valence-corrected chi connectivity index (χ0v) is 7.91. The average molecular weight is 197 g/mol. The second-order valence-electron chi connectivity index (χ2n) is 2.42. The van der Waals surface area contributed by atoms with Crippen molar-refractivity contribution < 1.29 is 8.76 Å². The molecule has 0 saturated carbocycles. The van der Waals surface area contributed by atoms with Gasteiger partial charge in [-0.15, -0.1) is 6.58 Å². The van der Waals surface area contributed by atoms with Crippen LogP contribution in [0.15, 0.2) is 43.0 Å². The van der Waals surface area contributed by atoms with Crippen LogP contribution in [0.25, 0.3) is 0 Å². The molecule has 70 valence electrons. The summed E-state index contributed by atoms with van der Waals surface area (Å²) < 4.78 is 21.2. The van der Waals surface area contributed by atoms with Crippen molar-refractivity contribution in [3.05, 3.63) is 43.0 Å². The van der Waals surface area contributed by atoms with Gasteiger partial charge in [-0.25, -0.2) is 4.21 Å². The highest BCUT2D eigenvalue weighted by Gasteiger charge is 2.08. The van der Waals surface area contributed by atoms with E-state index in [4.69, 9.17) is 4.55 Å². The van der Waals surface area contributed by atoms with Gasteiger partial charge < -0.3 is 0 Å². The van der Waals surface area contributed by atoms with Gasteiger partial charge in [0.05, 0.1) is 12.2 Å². The van der Waals surface area contributed by atoms with Crippen molar-refractivity contribution in [3.63, 3.8) is 0 Å². The lowest BCUT2D eigenvalue weighted by Crippen LogP contribution is -2.24. The van der Waals surface area contributed by atoms with E-state index in [9.17, 15) is 4.21 Å². The molecule has 0 aliphatic heterocycles. The largest absolute Gasteiger partial charge is 0.289 e. The fourth-order valence-corrected chi connectivity index (χ4v) is 1.51. The van der Waals surface area contributed by atoms with Crippen molar-refractivity contribution in [3.8, 4) is 0 Å². The quantitative estimate of drug-likeness (QED) is 0.590. The van der Waals surface area contributed by atoms with Crippen LogP contribution in [0.2, 0.25) is 0 Å². The third-order valence-electron chi connectivity index (χ3n) is 1.53. The SMILES string of the molecule is C=CCN(c1ccccc1)S(=O)O. The number of hydrogen-bond donors (Lipinski definition) is 1. The first kappa shape index (κ1) is 9.95. The molecular formula is C9H11NO2S. The van der Waals surface area contributed by atoms with E-state index in [1.54, 1.807) is 18.2 Å². The van der Waals surface area contributed by atoms with Gasteiger partial charge in [-0.3, -0.25) is 8.86 Å². The van der Waals surface area contributed by atoms with Gasteiger partial charge >= 0.3 is 0 Å². The normalized spacial score (nSPS) is 12.1. The van der Waals surface area contributed by atoms with E-state index in [-0.39, 0.29) is 0 Å². The number of nitrogens with zero attached hydrogens (tertiary/aromatic N) is 1. The molecule has 1 N–H and O–H groups in total. The molecule has 4 heteroatoms. The number of rotatable bonds is 4. The Bertz CT molecular complexity index is 300. The van der Waals surface area contributed by atoms with Gasteiger partial charge in [0.1, 0.15) is 0 Å². The summed E-state index contributed by atoms with van der Waals surface area (Å²) in [6.45, 7) is 3.88. The van der Waals surface area contributed by atoms with E-state index in [2.05, 4.69) is 6.58 Å². The highest BCUT2D eigenvalue weighted by atomic mass is 32.2. The molecule has 1 rings (SSSR count). The summed E-state index contributed by atoms with van der Waals surface area (Å²) in [7, 11) is 0. The Hall–Kier alpha value is -1.13. The van der Waals surface area contributed by atoms with Crippen molar-refractivity contribution in [1.82, 2.24) is 0 Å². The Kier molecular flexibility index (Phi) is 3.67. The fourth-order valence-electron chi connectivity index (χ4n) is 0.971. The lowest BCUT2D eigenvalue weighted by molar-refractivity contribution is 0.561. The Morgan fingerprint density at radius 2 is 2.08 bits per heavy atom. The van der Waals surface area contributed by atoms with Crippen molar-refractivity contribution in [1.29, 1.82) is 0 Å². The molecule has 0 heterocycles. The summed E-state index contributed by atoms with van der Waals surface area (Å²) in [5.74, 6) is 0. The Morgan fingerprint density at radius 1 is 1.46 bits per heavy atom. The summed E-state index contributed by atoms with van der Waals surface area (Å²) in [6.07, 6.45) is 1.58. The molecule has 3 nitrogen and oxygen atoms in total. The molecule has 0 aliphatic carbocycles. The first-order valence-corrected chi connectivity index (χ1v) is 4.86. The van der Waals surface area contributed by atoms with Gasteiger partial charge in [0, 0.05) is 0 Å². The molecular weight excluding hydrogens is 186 g/mol. The monoisotopic (exact) mass is 197 g/mol. The number of anilines is 1. The van der Waals surface area contributed by atoms with Crippen molar-refractivity contribution in [2.45, 2.75) is 0 Å². The predicted octanol–water partition coefficient (Wildman–Crippen LogP) is 1.82. The maximum absolute atomic E-state index is 10.9. The summed E-state index contributed by atoms with van der Waals surface area (Å²) in [5, 5.41) is 0. The molecule has 0 bridgehead atoms. The van der Waals surface area contributed by atoms with E-state index in [0.29, 0.717) is 12.2 Å². The molecule has 0 aliphatic rings. The minimum absolute atomic E-state index is 0.354. The van der Waals surface area contributed by atoms with E-state index in [1.807, 2.05) is 18.2 Å². The van der Waals surface area contributed by atoms with E-state index >= 15 is 0 Å². The molecule has 0 saturated heterocycles. The second kappa shape index (κ2) is 4.79. The lowest BCUT2D eigenvalue weighted by Gasteiger charge is -2.17. The lowest BCUT2D eigenvalue weighted by atomic mass is 10.3. The van der Waals surface area contributed by atoms with Gasteiger partial charge in [0.2, 0.25) is 0 Å². The van der Waals surface area contributed by atoms with Gasteiger partial charge in [-0.05, 0) is 12.1 Å². The van der Waals surface area contributed by atoms with Crippen LogP contribution in [0.5, 0.6) is 0 Å². The number of para-hydroxylation sites is 1. The Morgan fingerprint density at radius 3 is 2.54 bits per heavy atom. The third kappa shape index (κ3) is 2.68. The standard InChI is InChI=1S/C9H11NO2S/c1-2-8-10(13(11)12)9-6-4-3-5-7-9/h2-7H,1,8H2,(H,11,12). The number of benzene rings is 1. The van der Waals surface area contributed by atoms with Crippen molar-refractivity contribution in [2.24, 2.45) is 0 Å². The molecule has 1 aromatic rings. The first-order valence-electron chi connectivity index (χ1n) is 3.80. The molecule has 1 unspecified atom stereocenters. The molecule has 0 fully saturated rings. The van der Waals surface area contributed by atoms with Crippen LogP contribution in [0.4, 0.5) is 5.69 Å². The summed E-state index contributed by atoms with van der Waals surface area (Å²) in [6, 6.07) is 9.04. The number of hydrogen-bond acceptors (Lipinski definition) is 1. The zero-order chi connectivity index (χ0) is 9.68. The van der Waals surface area contributed by atoms with Crippen LogP contribution in [0.1, 0.15) is 0 Å². The van der Waals surface area contributed by atoms with Crippen molar-refractivity contribution >= 4 is 17.0 Å².